The van der Waals surface area contributed by atoms with Gasteiger partial charge in [0.2, 0.25) is 15.9 Å². The van der Waals surface area contributed by atoms with Crippen molar-refractivity contribution >= 4 is 15.9 Å². The van der Waals surface area contributed by atoms with Crippen molar-refractivity contribution in [2.75, 3.05) is 45.5 Å². The lowest BCUT2D eigenvalue weighted by Crippen LogP contribution is -2.48. The van der Waals surface area contributed by atoms with Crippen LogP contribution in [0, 0.1) is 0 Å². The van der Waals surface area contributed by atoms with Gasteiger partial charge in [-0.3, -0.25) is 9.69 Å². The fraction of sp³-hybridized carbons (Fsp3) is 0.786. The summed E-state index contributed by atoms with van der Waals surface area (Å²) in [6, 6.07) is -0.494. The number of amides is 1. The summed E-state index contributed by atoms with van der Waals surface area (Å²) in [5, 5.41) is 0. The molecule has 0 spiro atoms. The molecule has 21 heavy (non-hydrogen) atoms. The molecule has 2 aliphatic heterocycles. The molecule has 2 heterocycles. The predicted molar refractivity (Wildman–Crippen MR) is 82.4 cm³/mol. The van der Waals surface area contributed by atoms with Crippen LogP contribution in [-0.4, -0.2) is 80.0 Å². The van der Waals surface area contributed by atoms with E-state index in [0.29, 0.717) is 26.1 Å². The van der Waals surface area contributed by atoms with E-state index >= 15 is 0 Å². The average Bonchev–Trinajstić information content (AvgIpc) is 2.80. The molecule has 2 fully saturated rings. The molecule has 120 valence electrons. The number of hydrogen-bond donors (Lipinski definition) is 0. The first kappa shape index (κ1) is 16.5. The van der Waals surface area contributed by atoms with Crippen LogP contribution >= 0.6 is 0 Å². The lowest BCUT2D eigenvalue weighted by atomic mass is 10.2. The number of rotatable bonds is 4. The number of carbonyl (C=O) groups is 1. The van der Waals surface area contributed by atoms with Crippen molar-refractivity contribution in [2.24, 2.45) is 0 Å². The molecule has 2 aliphatic rings. The molecule has 6 nitrogen and oxygen atoms in total. The van der Waals surface area contributed by atoms with Crippen molar-refractivity contribution in [1.29, 1.82) is 0 Å². The van der Waals surface area contributed by atoms with E-state index in [-0.39, 0.29) is 5.91 Å². The SMILES string of the molecule is C=CCN1CCCN(C(=O)[C@@H]2CCCN2S(C)(=O)=O)CC1. The minimum absolute atomic E-state index is 0.0293. The fourth-order valence-corrected chi connectivity index (χ4v) is 4.27. The van der Waals surface area contributed by atoms with Gasteiger partial charge >= 0.3 is 0 Å². The summed E-state index contributed by atoms with van der Waals surface area (Å²) >= 11 is 0. The quantitative estimate of drug-likeness (QED) is 0.692. The molecule has 0 aromatic rings. The van der Waals surface area contributed by atoms with E-state index in [0.717, 1.165) is 32.5 Å². The van der Waals surface area contributed by atoms with Crippen LogP contribution < -0.4 is 0 Å². The summed E-state index contributed by atoms with van der Waals surface area (Å²) in [5.41, 5.74) is 0. The Hall–Kier alpha value is -0.920. The predicted octanol–water partition coefficient (Wildman–Crippen LogP) is 0.131. The lowest BCUT2D eigenvalue weighted by Gasteiger charge is -2.28. The highest BCUT2D eigenvalue weighted by molar-refractivity contribution is 7.88. The van der Waals surface area contributed by atoms with Gasteiger partial charge in [-0.05, 0) is 19.3 Å². The maximum atomic E-state index is 12.7. The van der Waals surface area contributed by atoms with Gasteiger partial charge in [0, 0.05) is 39.3 Å². The van der Waals surface area contributed by atoms with E-state index in [2.05, 4.69) is 11.5 Å². The van der Waals surface area contributed by atoms with Crippen molar-refractivity contribution in [3.05, 3.63) is 12.7 Å². The smallest absolute Gasteiger partial charge is 0.241 e. The molecule has 2 rings (SSSR count). The number of nitrogens with zero attached hydrogens (tertiary/aromatic N) is 3. The molecule has 1 amide bonds. The summed E-state index contributed by atoms with van der Waals surface area (Å²) in [4.78, 5) is 16.8. The van der Waals surface area contributed by atoms with Crippen molar-refractivity contribution in [3.8, 4) is 0 Å². The first-order valence-corrected chi connectivity index (χ1v) is 9.37. The Bertz CT molecular complexity index is 492. The van der Waals surface area contributed by atoms with Gasteiger partial charge in [-0.25, -0.2) is 8.42 Å². The molecule has 0 unspecified atom stereocenters. The van der Waals surface area contributed by atoms with E-state index < -0.39 is 16.1 Å². The van der Waals surface area contributed by atoms with Gasteiger partial charge in [-0.1, -0.05) is 6.08 Å². The van der Waals surface area contributed by atoms with Crippen LogP contribution in [0.1, 0.15) is 19.3 Å². The second kappa shape index (κ2) is 6.89. The van der Waals surface area contributed by atoms with Gasteiger partial charge in [0.15, 0.2) is 0 Å². The normalized spacial score (nSPS) is 25.8. The minimum Gasteiger partial charge on any atom is -0.340 e. The standard InChI is InChI=1S/C14H25N3O3S/c1-3-7-15-8-5-9-16(12-11-15)14(18)13-6-4-10-17(13)21(2,19)20/h3,13H,1,4-12H2,2H3/t13-/m0/s1. The van der Waals surface area contributed by atoms with Crippen LogP contribution in [0.15, 0.2) is 12.7 Å². The molecule has 0 bridgehead atoms. The molecular formula is C14H25N3O3S. The Morgan fingerprint density at radius 2 is 1.95 bits per heavy atom. The molecule has 2 saturated heterocycles. The Labute approximate surface area is 127 Å². The zero-order valence-corrected chi connectivity index (χ0v) is 13.5. The first-order chi connectivity index (χ1) is 9.93. The molecule has 0 N–H and O–H groups in total. The van der Waals surface area contributed by atoms with Gasteiger partial charge in [0.1, 0.15) is 6.04 Å². The van der Waals surface area contributed by atoms with Gasteiger partial charge < -0.3 is 4.90 Å². The molecule has 7 heteroatoms. The van der Waals surface area contributed by atoms with Crippen LogP contribution in [0.4, 0.5) is 0 Å². The van der Waals surface area contributed by atoms with Crippen molar-refractivity contribution in [3.63, 3.8) is 0 Å². The summed E-state index contributed by atoms with van der Waals surface area (Å²) in [6.45, 7) is 8.20. The van der Waals surface area contributed by atoms with Crippen LogP contribution in [0.25, 0.3) is 0 Å². The van der Waals surface area contributed by atoms with E-state index in [9.17, 15) is 13.2 Å². The summed E-state index contributed by atoms with van der Waals surface area (Å²) in [7, 11) is -3.30. The maximum Gasteiger partial charge on any atom is 0.241 e. The molecule has 0 aromatic carbocycles. The van der Waals surface area contributed by atoms with Gasteiger partial charge in [-0.15, -0.1) is 6.58 Å². The lowest BCUT2D eigenvalue weighted by molar-refractivity contribution is -0.134. The monoisotopic (exact) mass is 315 g/mol. The molecule has 0 aromatic heterocycles. The highest BCUT2D eigenvalue weighted by Gasteiger charge is 2.38. The molecule has 0 saturated carbocycles. The van der Waals surface area contributed by atoms with Crippen LogP contribution in [-0.2, 0) is 14.8 Å². The summed E-state index contributed by atoms with van der Waals surface area (Å²) in [5.74, 6) is -0.0293. The third-order valence-corrected chi connectivity index (χ3v) is 5.49. The molecule has 1 atom stereocenters. The fourth-order valence-electron chi connectivity index (χ4n) is 3.15. The summed E-state index contributed by atoms with van der Waals surface area (Å²) < 4.78 is 24.9. The Balaban J connectivity index is 2.01. The van der Waals surface area contributed by atoms with Crippen LogP contribution in [0.2, 0.25) is 0 Å². The van der Waals surface area contributed by atoms with Crippen molar-refractivity contribution < 1.29 is 13.2 Å². The van der Waals surface area contributed by atoms with Crippen LogP contribution in [0.5, 0.6) is 0 Å². The van der Waals surface area contributed by atoms with Gasteiger partial charge in [0.25, 0.3) is 0 Å². The Morgan fingerprint density at radius 1 is 1.19 bits per heavy atom. The van der Waals surface area contributed by atoms with E-state index in [4.69, 9.17) is 0 Å². The highest BCUT2D eigenvalue weighted by Crippen LogP contribution is 2.22. The number of hydrogen-bond acceptors (Lipinski definition) is 4. The van der Waals surface area contributed by atoms with Gasteiger partial charge in [0.05, 0.1) is 6.26 Å². The number of carbonyl (C=O) groups excluding carboxylic acids is 1. The second-order valence-corrected chi connectivity index (χ2v) is 7.73. The molecule has 0 aliphatic carbocycles. The third kappa shape index (κ3) is 4.05. The zero-order valence-electron chi connectivity index (χ0n) is 12.7. The van der Waals surface area contributed by atoms with Crippen molar-refractivity contribution in [1.82, 2.24) is 14.1 Å². The largest absolute Gasteiger partial charge is 0.340 e. The highest BCUT2D eigenvalue weighted by atomic mass is 32.2. The third-order valence-electron chi connectivity index (χ3n) is 4.20. The average molecular weight is 315 g/mol. The topological polar surface area (TPSA) is 60.9 Å². The van der Waals surface area contributed by atoms with E-state index in [1.54, 1.807) is 0 Å². The Morgan fingerprint density at radius 3 is 2.62 bits per heavy atom. The minimum atomic E-state index is -3.30. The molecule has 0 radical (unpaired) electrons. The van der Waals surface area contributed by atoms with Gasteiger partial charge in [-0.2, -0.15) is 4.31 Å². The molecular weight excluding hydrogens is 290 g/mol. The first-order valence-electron chi connectivity index (χ1n) is 7.52. The van der Waals surface area contributed by atoms with E-state index in [1.807, 2.05) is 11.0 Å². The zero-order chi connectivity index (χ0) is 15.5. The maximum absolute atomic E-state index is 12.7. The number of sulfonamides is 1. The second-order valence-electron chi connectivity index (χ2n) is 5.80. The van der Waals surface area contributed by atoms with Crippen molar-refractivity contribution in [2.45, 2.75) is 25.3 Å². The van der Waals surface area contributed by atoms with Crippen LogP contribution in [0.3, 0.4) is 0 Å². The Kier molecular flexibility index (Phi) is 5.40. The summed E-state index contributed by atoms with van der Waals surface area (Å²) in [6.07, 6.45) is 5.39. The van der Waals surface area contributed by atoms with E-state index in [1.165, 1.54) is 10.6 Å².